The molecule has 0 radical (unpaired) electrons. The summed E-state index contributed by atoms with van der Waals surface area (Å²) in [5, 5.41) is 5.40. The number of thiazole rings is 1. The van der Waals surface area contributed by atoms with Gasteiger partial charge in [-0.2, -0.15) is 0 Å². The monoisotopic (exact) mass is 421 g/mol. The Labute approximate surface area is 171 Å². The van der Waals surface area contributed by atoms with Crippen LogP contribution in [0.25, 0.3) is 11.3 Å². The summed E-state index contributed by atoms with van der Waals surface area (Å²) < 4.78 is 24.6. The Morgan fingerprint density at radius 3 is 2.32 bits per heavy atom. The van der Waals surface area contributed by atoms with Gasteiger partial charge in [-0.3, -0.25) is 4.79 Å². The summed E-state index contributed by atoms with van der Waals surface area (Å²) in [7, 11) is -3.18. The molecule has 1 saturated heterocycles. The highest BCUT2D eigenvalue weighted by Crippen LogP contribution is 2.29. The highest BCUT2D eigenvalue weighted by atomic mass is 32.2. The molecular weight excluding hydrogens is 394 g/mol. The summed E-state index contributed by atoms with van der Waals surface area (Å²) in [5.74, 6) is -0.270. The molecule has 1 fully saturated rings. The minimum Gasteiger partial charge on any atom is -0.302 e. The Morgan fingerprint density at radius 1 is 1.18 bits per heavy atom. The lowest BCUT2D eigenvalue weighted by Crippen LogP contribution is -2.40. The van der Waals surface area contributed by atoms with E-state index < -0.39 is 10.0 Å². The number of carbonyl (C=O) groups excluding carboxylic acids is 1. The molecule has 0 spiro atoms. The van der Waals surface area contributed by atoms with Gasteiger partial charge in [0.05, 0.1) is 11.9 Å². The van der Waals surface area contributed by atoms with Gasteiger partial charge in [-0.25, -0.2) is 17.7 Å². The summed E-state index contributed by atoms with van der Waals surface area (Å²) in [6, 6.07) is 8.34. The molecule has 1 N–H and O–H groups in total. The molecule has 0 unspecified atom stereocenters. The first kappa shape index (κ1) is 21.0. The molecule has 152 valence electrons. The normalized spacial score (nSPS) is 16.9. The van der Waals surface area contributed by atoms with Crippen molar-refractivity contribution in [2.24, 2.45) is 5.92 Å². The van der Waals surface area contributed by atoms with Crippen LogP contribution in [0.1, 0.15) is 39.2 Å². The molecule has 2 heterocycles. The van der Waals surface area contributed by atoms with E-state index in [9.17, 15) is 13.2 Å². The number of nitrogens with one attached hydrogen (secondary N) is 1. The van der Waals surface area contributed by atoms with Gasteiger partial charge < -0.3 is 5.32 Å². The zero-order chi connectivity index (χ0) is 20.5. The van der Waals surface area contributed by atoms with E-state index in [1.165, 1.54) is 27.5 Å². The van der Waals surface area contributed by atoms with Gasteiger partial charge in [0, 0.05) is 30.0 Å². The number of sulfonamides is 1. The number of rotatable bonds is 4. The van der Waals surface area contributed by atoms with Gasteiger partial charge in [-0.1, -0.05) is 45.0 Å². The average Bonchev–Trinajstić information content (AvgIpc) is 3.09. The molecule has 0 saturated carbocycles. The molecular formula is C20H27N3O3S2. The largest absolute Gasteiger partial charge is 0.302 e. The fourth-order valence-corrected chi connectivity index (χ4v) is 4.86. The maximum atomic E-state index is 12.5. The Morgan fingerprint density at radius 2 is 1.79 bits per heavy atom. The molecule has 8 heteroatoms. The molecule has 28 heavy (non-hydrogen) atoms. The van der Waals surface area contributed by atoms with Gasteiger partial charge in [0.25, 0.3) is 0 Å². The third-order valence-corrected chi connectivity index (χ3v) is 7.14. The zero-order valence-corrected chi connectivity index (χ0v) is 18.4. The molecule has 2 aromatic rings. The topological polar surface area (TPSA) is 79.4 Å². The van der Waals surface area contributed by atoms with Crippen molar-refractivity contribution in [3.63, 3.8) is 0 Å². The number of anilines is 1. The van der Waals surface area contributed by atoms with Gasteiger partial charge in [0.1, 0.15) is 0 Å². The van der Waals surface area contributed by atoms with Crippen molar-refractivity contribution in [1.29, 1.82) is 0 Å². The number of hydrogen-bond donors (Lipinski definition) is 1. The summed E-state index contributed by atoms with van der Waals surface area (Å²) in [6.45, 7) is 7.32. The highest BCUT2D eigenvalue weighted by Gasteiger charge is 2.29. The maximum Gasteiger partial charge on any atom is 0.229 e. The van der Waals surface area contributed by atoms with Gasteiger partial charge in [0.15, 0.2) is 5.13 Å². The van der Waals surface area contributed by atoms with E-state index in [1.807, 2.05) is 5.38 Å². The SMILES string of the molecule is CC(C)(C)c1ccc(-c2csc(NC(=O)C3CCN(S(C)(=O)=O)CC3)n2)cc1. The number of hydrogen-bond acceptors (Lipinski definition) is 5. The van der Waals surface area contributed by atoms with Crippen LogP contribution in [0.15, 0.2) is 29.6 Å². The lowest BCUT2D eigenvalue weighted by atomic mass is 9.86. The van der Waals surface area contributed by atoms with E-state index in [1.54, 1.807) is 0 Å². The number of piperidine rings is 1. The molecule has 0 bridgehead atoms. The Hall–Kier alpha value is -1.77. The van der Waals surface area contributed by atoms with E-state index in [4.69, 9.17) is 0 Å². The summed E-state index contributed by atoms with van der Waals surface area (Å²) in [5.41, 5.74) is 3.23. The molecule has 0 aliphatic carbocycles. The molecule has 1 aromatic heterocycles. The van der Waals surface area contributed by atoms with Crippen molar-refractivity contribution < 1.29 is 13.2 Å². The van der Waals surface area contributed by atoms with Crippen LogP contribution >= 0.6 is 11.3 Å². The first-order valence-electron chi connectivity index (χ1n) is 9.36. The van der Waals surface area contributed by atoms with Crippen molar-refractivity contribution in [2.45, 2.75) is 39.0 Å². The van der Waals surface area contributed by atoms with Gasteiger partial charge in [-0.05, 0) is 23.8 Å². The minimum atomic E-state index is -3.18. The van der Waals surface area contributed by atoms with E-state index in [-0.39, 0.29) is 17.2 Å². The summed E-state index contributed by atoms with van der Waals surface area (Å²) in [6.07, 6.45) is 2.27. The second kappa shape index (κ2) is 7.93. The van der Waals surface area contributed by atoms with Crippen molar-refractivity contribution in [3.8, 4) is 11.3 Å². The molecule has 0 atom stereocenters. The van der Waals surface area contributed by atoms with Crippen molar-refractivity contribution in [1.82, 2.24) is 9.29 Å². The molecule has 1 amide bonds. The van der Waals surface area contributed by atoms with Crippen LogP contribution in [0.4, 0.5) is 5.13 Å². The third kappa shape index (κ3) is 4.98. The highest BCUT2D eigenvalue weighted by molar-refractivity contribution is 7.88. The minimum absolute atomic E-state index is 0.0860. The van der Waals surface area contributed by atoms with Crippen LogP contribution in [-0.4, -0.2) is 43.0 Å². The predicted octanol–water partition coefficient (Wildman–Crippen LogP) is 3.72. The van der Waals surface area contributed by atoms with E-state index in [2.05, 4.69) is 55.3 Å². The fourth-order valence-electron chi connectivity index (χ4n) is 3.26. The van der Waals surface area contributed by atoms with Gasteiger partial charge in [-0.15, -0.1) is 11.3 Å². The van der Waals surface area contributed by atoms with Crippen LogP contribution in [0.2, 0.25) is 0 Å². The maximum absolute atomic E-state index is 12.5. The third-order valence-electron chi connectivity index (χ3n) is 5.07. The number of aromatic nitrogens is 1. The number of carbonyl (C=O) groups is 1. The van der Waals surface area contributed by atoms with Gasteiger partial charge >= 0.3 is 0 Å². The lowest BCUT2D eigenvalue weighted by Gasteiger charge is -2.29. The summed E-state index contributed by atoms with van der Waals surface area (Å²) in [4.78, 5) is 17.1. The molecule has 1 aliphatic rings. The Kier molecular flexibility index (Phi) is 5.93. The zero-order valence-electron chi connectivity index (χ0n) is 16.7. The van der Waals surface area contributed by atoms with Crippen LogP contribution in [-0.2, 0) is 20.2 Å². The first-order valence-corrected chi connectivity index (χ1v) is 12.1. The lowest BCUT2D eigenvalue weighted by molar-refractivity contribution is -0.120. The Balaban J connectivity index is 1.61. The second-order valence-electron chi connectivity index (χ2n) is 8.29. The smallest absolute Gasteiger partial charge is 0.229 e. The van der Waals surface area contributed by atoms with Crippen molar-refractivity contribution in [3.05, 3.63) is 35.2 Å². The number of benzene rings is 1. The van der Waals surface area contributed by atoms with Crippen LogP contribution in [0.5, 0.6) is 0 Å². The summed E-state index contributed by atoms with van der Waals surface area (Å²) >= 11 is 1.40. The van der Waals surface area contributed by atoms with Crippen LogP contribution in [0.3, 0.4) is 0 Å². The first-order chi connectivity index (χ1) is 13.0. The van der Waals surface area contributed by atoms with Crippen molar-refractivity contribution in [2.75, 3.05) is 24.7 Å². The van der Waals surface area contributed by atoms with E-state index >= 15 is 0 Å². The molecule has 1 aliphatic heterocycles. The average molecular weight is 422 g/mol. The standard InChI is InChI=1S/C20H27N3O3S2/c1-20(2,3)16-7-5-14(6-8-16)17-13-27-19(21-17)22-18(24)15-9-11-23(12-10-15)28(4,25)26/h5-8,13,15H,9-12H2,1-4H3,(H,21,22,24). The number of nitrogens with zero attached hydrogens (tertiary/aromatic N) is 2. The van der Waals surface area contributed by atoms with E-state index in [0.29, 0.717) is 31.1 Å². The van der Waals surface area contributed by atoms with E-state index in [0.717, 1.165) is 11.3 Å². The Bertz CT molecular complexity index is 936. The van der Waals surface area contributed by atoms with Crippen LogP contribution < -0.4 is 5.32 Å². The van der Waals surface area contributed by atoms with Gasteiger partial charge in [0.2, 0.25) is 15.9 Å². The predicted molar refractivity (Wildman–Crippen MR) is 114 cm³/mol. The molecule has 3 rings (SSSR count). The van der Waals surface area contributed by atoms with Crippen LogP contribution in [0, 0.1) is 5.92 Å². The molecule has 1 aromatic carbocycles. The quantitative estimate of drug-likeness (QED) is 0.816. The molecule has 6 nitrogen and oxygen atoms in total. The second-order valence-corrected chi connectivity index (χ2v) is 11.1. The van der Waals surface area contributed by atoms with Crippen molar-refractivity contribution >= 4 is 32.4 Å². The fraction of sp³-hybridized carbons (Fsp3) is 0.500. The number of amides is 1.